The van der Waals surface area contributed by atoms with E-state index >= 15 is 0 Å². The third-order valence-corrected chi connectivity index (χ3v) is 1.71. The maximum atomic E-state index is 8.60. The minimum absolute atomic E-state index is 0.0319. The third kappa shape index (κ3) is 1.43. The van der Waals surface area contributed by atoms with Crippen LogP contribution in [0.5, 0.6) is 0 Å². The van der Waals surface area contributed by atoms with Crippen molar-refractivity contribution in [3.05, 3.63) is 36.3 Å². The summed E-state index contributed by atoms with van der Waals surface area (Å²) in [6.45, 7) is 0.0319. The molecule has 2 rings (SSSR count). The zero-order valence-corrected chi connectivity index (χ0v) is 6.96. The number of aliphatic hydroxyl groups is 1. The Balaban J connectivity index is 2.52. The summed E-state index contributed by atoms with van der Waals surface area (Å²) in [7, 11) is 0. The minimum Gasteiger partial charge on any atom is -0.392 e. The molecule has 0 spiro atoms. The first kappa shape index (κ1) is 7.94. The standard InChI is InChI=1S/C9H9N3O/c13-6-1-3-8-7-11-12-5-2-4-10-9(8)12/h1-5,7,13H,6H2. The lowest BCUT2D eigenvalue weighted by atomic mass is 10.3. The van der Waals surface area contributed by atoms with Crippen LogP contribution in [0.15, 0.2) is 30.7 Å². The van der Waals surface area contributed by atoms with Gasteiger partial charge in [-0.25, -0.2) is 9.50 Å². The molecule has 1 N–H and O–H groups in total. The normalized spacial score (nSPS) is 11.5. The Hall–Kier alpha value is -1.68. The van der Waals surface area contributed by atoms with Crippen LogP contribution in [-0.2, 0) is 0 Å². The molecule has 0 aliphatic carbocycles. The number of nitrogens with zero attached hydrogens (tertiary/aromatic N) is 3. The van der Waals surface area contributed by atoms with Crippen LogP contribution in [0.3, 0.4) is 0 Å². The van der Waals surface area contributed by atoms with E-state index in [2.05, 4.69) is 10.1 Å². The molecule has 0 aromatic carbocycles. The molecule has 0 atom stereocenters. The number of hydrogen-bond acceptors (Lipinski definition) is 3. The highest BCUT2D eigenvalue weighted by Crippen LogP contribution is 2.07. The molecule has 2 aromatic rings. The maximum absolute atomic E-state index is 8.60. The summed E-state index contributed by atoms with van der Waals surface area (Å²) in [4.78, 5) is 4.16. The average molecular weight is 175 g/mol. The molecule has 0 aliphatic rings. The van der Waals surface area contributed by atoms with Crippen molar-refractivity contribution in [3.63, 3.8) is 0 Å². The molecule has 0 fully saturated rings. The highest BCUT2D eigenvalue weighted by Gasteiger charge is 1.99. The molecule has 0 aliphatic heterocycles. The molecule has 0 bridgehead atoms. The zero-order chi connectivity index (χ0) is 9.10. The van der Waals surface area contributed by atoms with E-state index in [1.54, 1.807) is 29.1 Å². The van der Waals surface area contributed by atoms with Crippen molar-refractivity contribution < 1.29 is 5.11 Å². The molecule has 0 amide bonds. The maximum Gasteiger partial charge on any atom is 0.162 e. The van der Waals surface area contributed by atoms with Gasteiger partial charge in [0.1, 0.15) is 0 Å². The molecule has 66 valence electrons. The monoisotopic (exact) mass is 175 g/mol. The van der Waals surface area contributed by atoms with E-state index in [-0.39, 0.29) is 6.61 Å². The summed E-state index contributed by atoms with van der Waals surface area (Å²) in [6.07, 6.45) is 8.72. The summed E-state index contributed by atoms with van der Waals surface area (Å²) >= 11 is 0. The van der Waals surface area contributed by atoms with Crippen molar-refractivity contribution in [3.8, 4) is 0 Å². The second-order valence-electron chi connectivity index (χ2n) is 2.57. The predicted molar refractivity (Wildman–Crippen MR) is 49.1 cm³/mol. The number of hydrogen-bond donors (Lipinski definition) is 1. The molecule has 0 radical (unpaired) electrons. The van der Waals surface area contributed by atoms with Crippen molar-refractivity contribution in [1.82, 2.24) is 14.6 Å². The van der Waals surface area contributed by atoms with Gasteiger partial charge in [-0.1, -0.05) is 12.2 Å². The Kier molecular flexibility index (Phi) is 2.06. The average Bonchev–Trinajstić information content (AvgIpc) is 2.58. The Morgan fingerprint density at radius 1 is 1.54 bits per heavy atom. The summed E-state index contributed by atoms with van der Waals surface area (Å²) in [5.74, 6) is 0. The Labute approximate surface area is 75.2 Å². The first-order chi connectivity index (χ1) is 6.42. The topological polar surface area (TPSA) is 50.4 Å². The van der Waals surface area contributed by atoms with E-state index in [0.29, 0.717) is 0 Å². The molecule has 0 saturated carbocycles. The fraction of sp³-hybridized carbons (Fsp3) is 0.111. The SMILES string of the molecule is OCC=Cc1cnn2cccnc12. The smallest absolute Gasteiger partial charge is 0.162 e. The van der Waals surface area contributed by atoms with Gasteiger partial charge in [0, 0.05) is 18.0 Å². The van der Waals surface area contributed by atoms with Gasteiger partial charge in [-0.15, -0.1) is 0 Å². The molecular weight excluding hydrogens is 166 g/mol. The van der Waals surface area contributed by atoms with Gasteiger partial charge in [-0.3, -0.25) is 0 Å². The van der Waals surface area contributed by atoms with Gasteiger partial charge in [0.05, 0.1) is 12.8 Å². The molecule has 2 aromatic heterocycles. The highest BCUT2D eigenvalue weighted by molar-refractivity contribution is 5.64. The van der Waals surface area contributed by atoms with E-state index < -0.39 is 0 Å². The van der Waals surface area contributed by atoms with Crippen LogP contribution in [0.25, 0.3) is 11.7 Å². The van der Waals surface area contributed by atoms with Crippen molar-refractivity contribution in [1.29, 1.82) is 0 Å². The van der Waals surface area contributed by atoms with Crippen molar-refractivity contribution in [2.45, 2.75) is 0 Å². The molecule has 0 unspecified atom stereocenters. The Morgan fingerprint density at radius 3 is 3.31 bits per heavy atom. The molecule has 4 heteroatoms. The van der Waals surface area contributed by atoms with Crippen LogP contribution in [0.1, 0.15) is 5.56 Å². The van der Waals surface area contributed by atoms with E-state index in [9.17, 15) is 0 Å². The zero-order valence-electron chi connectivity index (χ0n) is 6.96. The van der Waals surface area contributed by atoms with Gasteiger partial charge < -0.3 is 5.11 Å². The number of aliphatic hydroxyl groups excluding tert-OH is 1. The van der Waals surface area contributed by atoms with Gasteiger partial charge in [-0.2, -0.15) is 5.10 Å². The molecule has 4 nitrogen and oxygen atoms in total. The van der Waals surface area contributed by atoms with E-state index in [4.69, 9.17) is 5.11 Å². The lowest BCUT2D eigenvalue weighted by molar-refractivity contribution is 0.343. The summed E-state index contributed by atoms with van der Waals surface area (Å²) in [6, 6.07) is 1.82. The van der Waals surface area contributed by atoms with Crippen molar-refractivity contribution in [2.75, 3.05) is 6.61 Å². The summed E-state index contributed by atoms with van der Waals surface area (Å²) in [5.41, 5.74) is 1.71. The van der Waals surface area contributed by atoms with Crippen molar-refractivity contribution >= 4 is 11.7 Å². The number of fused-ring (bicyclic) bond motifs is 1. The van der Waals surface area contributed by atoms with Crippen LogP contribution in [0.2, 0.25) is 0 Å². The Morgan fingerprint density at radius 2 is 2.46 bits per heavy atom. The van der Waals surface area contributed by atoms with E-state index in [0.717, 1.165) is 11.2 Å². The largest absolute Gasteiger partial charge is 0.392 e. The molecular formula is C9H9N3O. The lowest BCUT2D eigenvalue weighted by Crippen LogP contribution is -1.87. The lowest BCUT2D eigenvalue weighted by Gasteiger charge is -1.90. The Bertz CT molecular complexity index is 433. The van der Waals surface area contributed by atoms with Gasteiger partial charge in [-0.05, 0) is 6.07 Å². The summed E-state index contributed by atoms with van der Waals surface area (Å²) in [5, 5.41) is 12.7. The van der Waals surface area contributed by atoms with Gasteiger partial charge in [0.2, 0.25) is 0 Å². The van der Waals surface area contributed by atoms with E-state index in [1.807, 2.05) is 12.3 Å². The van der Waals surface area contributed by atoms with Crippen LogP contribution in [-0.4, -0.2) is 26.3 Å². The van der Waals surface area contributed by atoms with E-state index in [1.165, 1.54) is 0 Å². The van der Waals surface area contributed by atoms with Gasteiger partial charge in [0.25, 0.3) is 0 Å². The second-order valence-corrected chi connectivity index (χ2v) is 2.57. The van der Waals surface area contributed by atoms with Gasteiger partial charge >= 0.3 is 0 Å². The minimum atomic E-state index is 0.0319. The quantitative estimate of drug-likeness (QED) is 0.732. The van der Waals surface area contributed by atoms with Crippen LogP contribution < -0.4 is 0 Å². The molecule has 13 heavy (non-hydrogen) atoms. The van der Waals surface area contributed by atoms with Crippen LogP contribution in [0.4, 0.5) is 0 Å². The first-order valence-electron chi connectivity index (χ1n) is 3.97. The first-order valence-corrected chi connectivity index (χ1v) is 3.97. The van der Waals surface area contributed by atoms with Crippen LogP contribution in [0, 0.1) is 0 Å². The van der Waals surface area contributed by atoms with Crippen LogP contribution >= 0.6 is 0 Å². The second kappa shape index (κ2) is 3.37. The number of rotatable bonds is 2. The number of aromatic nitrogens is 3. The molecule has 2 heterocycles. The fourth-order valence-electron chi connectivity index (χ4n) is 1.14. The van der Waals surface area contributed by atoms with Crippen molar-refractivity contribution in [2.24, 2.45) is 0 Å². The predicted octanol–water partition coefficient (Wildman–Crippen LogP) is 0.735. The third-order valence-electron chi connectivity index (χ3n) is 1.71. The summed E-state index contributed by atoms with van der Waals surface area (Å²) < 4.78 is 1.69. The molecule has 0 saturated heterocycles. The fourth-order valence-corrected chi connectivity index (χ4v) is 1.14. The van der Waals surface area contributed by atoms with Gasteiger partial charge in [0.15, 0.2) is 5.65 Å². The highest BCUT2D eigenvalue weighted by atomic mass is 16.2.